The second kappa shape index (κ2) is 10.9. The molecule has 180 valence electrons. The molecule has 0 bridgehead atoms. The summed E-state index contributed by atoms with van der Waals surface area (Å²) in [6.45, 7) is 0.922. The minimum absolute atomic E-state index is 0.181. The molecule has 1 amide bonds. The van der Waals surface area contributed by atoms with E-state index in [9.17, 15) is 9.18 Å². The van der Waals surface area contributed by atoms with Crippen LogP contribution < -0.4 is 5.32 Å². The Morgan fingerprint density at radius 1 is 0.972 bits per heavy atom. The van der Waals surface area contributed by atoms with Gasteiger partial charge in [0.05, 0.1) is 23.8 Å². The molecule has 3 aromatic carbocycles. The predicted molar refractivity (Wildman–Crippen MR) is 142 cm³/mol. The number of nitrogens with zero attached hydrogens (tertiary/aromatic N) is 3. The molecular formula is C28H22ClFN4OS. The van der Waals surface area contributed by atoms with E-state index in [4.69, 9.17) is 16.6 Å². The number of amides is 1. The molecule has 0 fully saturated rings. The molecule has 5 nitrogen and oxygen atoms in total. The van der Waals surface area contributed by atoms with Crippen LogP contribution in [0.5, 0.6) is 0 Å². The first-order valence-electron chi connectivity index (χ1n) is 11.3. The number of halogens is 2. The van der Waals surface area contributed by atoms with Gasteiger partial charge in [-0.1, -0.05) is 65.8 Å². The number of rotatable bonds is 8. The van der Waals surface area contributed by atoms with Crippen molar-refractivity contribution >= 4 is 40.3 Å². The highest BCUT2D eigenvalue weighted by atomic mass is 35.5. The Morgan fingerprint density at radius 2 is 1.72 bits per heavy atom. The molecule has 0 radical (unpaired) electrons. The van der Waals surface area contributed by atoms with Gasteiger partial charge >= 0.3 is 0 Å². The van der Waals surface area contributed by atoms with Crippen LogP contribution in [0.15, 0.2) is 96.4 Å². The van der Waals surface area contributed by atoms with Gasteiger partial charge in [0, 0.05) is 29.1 Å². The van der Waals surface area contributed by atoms with Gasteiger partial charge in [0.25, 0.3) is 5.91 Å². The summed E-state index contributed by atoms with van der Waals surface area (Å²) in [6.07, 6.45) is 3.56. The lowest BCUT2D eigenvalue weighted by Crippen LogP contribution is -2.22. The molecule has 0 unspecified atom stereocenters. The van der Waals surface area contributed by atoms with Crippen LogP contribution in [-0.2, 0) is 18.8 Å². The minimum atomic E-state index is -0.299. The van der Waals surface area contributed by atoms with Gasteiger partial charge in [0.15, 0.2) is 5.16 Å². The Hall–Kier alpha value is -3.68. The minimum Gasteiger partial charge on any atom is -0.348 e. The third-order valence-corrected chi connectivity index (χ3v) is 7.15. The fraction of sp³-hybridized carbons (Fsp3) is 0.107. The van der Waals surface area contributed by atoms with E-state index in [1.54, 1.807) is 30.1 Å². The lowest BCUT2D eigenvalue weighted by molar-refractivity contribution is 0.0951. The number of aromatic nitrogens is 3. The number of fused-ring (bicyclic) bond motifs is 1. The van der Waals surface area contributed by atoms with Crippen molar-refractivity contribution in [3.63, 3.8) is 0 Å². The smallest absolute Gasteiger partial charge is 0.251 e. The number of carbonyl (C=O) groups is 1. The highest BCUT2D eigenvalue weighted by Crippen LogP contribution is 2.29. The van der Waals surface area contributed by atoms with Gasteiger partial charge in [-0.2, -0.15) is 0 Å². The number of carbonyl (C=O) groups excluding carboxylic acids is 1. The highest BCUT2D eigenvalue weighted by Gasteiger charge is 2.14. The summed E-state index contributed by atoms with van der Waals surface area (Å²) in [4.78, 5) is 21.7. The summed E-state index contributed by atoms with van der Waals surface area (Å²) in [5, 5.41) is 4.48. The van der Waals surface area contributed by atoms with Crippen LogP contribution in [-0.4, -0.2) is 20.4 Å². The first kappa shape index (κ1) is 24.0. The van der Waals surface area contributed by atoms with Crippen LogP contribution in [0.25, 0.3) is 11.0 Å². The van der Waals surface area contributed by atoms with E-state index in [2.05, 4.69) is 14.9 Å². The van der Waals surface area contributed by atoms with E-state index >= 15 is 0 Å². The molecule has 36 heavy (non-hydrogen) atoms. The molecule has 0 aliphatic rings. The second-order valence-electron chi connectivity index (χ2n) is 8.23. The number of pyridine rings is 1. The van der Waals surface area contributed by atoms with Gasteiger partial charge in [0.1, 0.15) is 5.82 Å². The average Bonchev–Trinajstić information content (AvgIpc) is 3.25. The van der Waals surface area contributed by atoms with Crippen molar-refractivity contribution in [2.24, 2.45) is 0 Å². The van der Waals surface area contributed by atoms with Crippen LogP contribution in [0.1, 0.15) is 27.0 Å². The molecular weight excluding hydrogens is 495 g/mol. The van der Waals surface area contributed by atoms with Gasteiger partial charge < -0.3 is 9.88 Å². The Labute approximate surface area is 217 Å². The van der Waals surface area contributed by atoms with Crippen molar-refractivity contribution < 1.29 is 9.18 Å². The van der Waals surface area contributed by atoms with Gasteiger partial charge in [-0.05, 0) is 53.1 Å². The molecule has 0 aliphatic heterocycles. The summed E-state index contributed by atoms with van der Waals surface area (Å²) in [6, 6.07) is 23.3. The van der Waals surface area contributed by atoms with Crippen LogP contribution in [0.4, 0.5) is 4.39 Å². The van der Waals surface area contributed by atoms with Gasteiger partial charge in [-0.25, -0.2) is 9.37 Å². The maximum Gasteiger partial charge on any atom is 0.251 e. The van der Waals surface area contributed by atoms with Gasteiger partial charge in [-0.15, -0.1) is 0 Å². The summed E-state index contributed by atoms with van der Waals surface area (Å²) in [7, 11) is 0. The molecule has 2 aromatic heterocycles. The molecule has 0 aliphatic carbocycles. The summed E-state index contributed by atoms with van der Waals surface area (Å²) in [5.74, 6) is 0.218. The fourth-order valence-corrected chi connectivity index (χ4v) is 5.10. The standard InChI is InChI=1S/C28H22ClFN4OS/c29-24-4-2-1-3-22(24)18-36-28-33-25-13-14-31-16-26(25)34(28)17-20-5-9-21(10-6-20)27(35)32-15-19-7-11-23(30)12-8-19/h1-14,16H,15,17-18H2,(H,32,35). The third-order valence-electron chi connectivity index (χ3n) is 5.75. The van der Waals surface area contributed by atoms with Crippen LogP contribution in [0.3, 0.4) is 0 Å². The molecule has 1 N–H and O–H groups in total. The maximum atomic E-state index is 13.1. The lowest BCUT2D eigenvalue weighted by atomic mass is 10.1. The van der Waals surface area contributed by atoms with Crippen molar-refractivity contribution in [1.29, 1.82) is 0 Å². The summed E-state index contributed by atoms with van der Waals surface area (Å²) < 4.78 is 15.2. The van der Waals surface area contributed by atoms with Crippen molar-refractivity contribution in [3.8, 4) is 0 Å². The zero-order chi connectivity index (χ0) is 24.9. The van der Waals surface area contributed by atoms with E-state index in [0.29, 0.717) is 24.4 Å². The Morgan fingerprint density at radius 3 is 2.50 bits per heavy atom. The molecule has 5 rings (SSSR count). The molecule has 2 heterocycles. The Balaban J connectivity index is 1.30. The normalized spacial score (nSPS) is 11.1. The predicted octanol–water partition coefficient (Wildman–Crippen LogP) is 6.49. The first-order chi connectivity index (χ1) is 17.6. The molecule has 0 saturated carbocycles. The molecule has 0 saturated heterocycles. The van der Waals surface area contributed by atoms with E-state index in [1.165, 1.54) is 12.1 Å². The van der Waals surface area contributed by atoms with Crippen LogP contribution >= 0.6 is 23.4 Å². The molecule has 0 atom stereocenters. The number of imidazole rings is 1. The van der Waals surface area contributed by atoms with Gasteiger partial charge in [-0.3, -0.25) is 9.78 Å². The zero-order valence-corrected chi connectivity index (χ0v) is 20.8. The number of thioether (sulfide) groups is 1. The van der Waals surface area contributed by atoms with E-state index in [1.807, 2.05) is 60.8 Å². The molecule has 5 aromatic rings. The largest absolute Gasteiger partial charge is 0.348 e. The average molecular weight is 517 g/mol. The Bertz CT molecular complexity index is 1500. The summed E-state index contributed by atoms with van der Waals surface area (Å²) >= 11 is 7.97. The number of benzene rings is 3. The topological polar surface area (TPSA) is 59.8 Å². The number of nitrogens with one attached hydrogen (secondary N) is 1. The van der Waals surface area contributed by atoms with E-state index in [0.717, 1.165) is 37.9 Å². The van der Waals surface area contributed by atoms with Crippen molar-refractivity contribution in [3.05, 3.63) is 124 Å². The maximum absolute atomic E-state index is 13.1. The van der Waals surface area contributed by atoms with Crippen LogP contribution in [0.2, 0.25) is 5.02 Å². The van der Waals surface area contributed by atoms with Crippen molar-refractivity contribution in [1.82, 2.24) is 19.9 Å². The number of hydrogen-bond donors (Lipinski definition) is 1. The van der Waals surface area contributed by atoms with E-state index in [-0.39, 0.29) is 11.7 Å². The number of hydrogen-bond acceptors (Lipinski definition) is 4. The monoisotopic (exact) mass is 516 g/mol. The SMILES string of the molecule is O=C(NCc1ccc(F)cc1)c1ccc(Cn2c(SCc3ccccc3Cl)nc3ccncc32)cc1. The van der Waals surface area contributed by atoms with Crippen molar-refractivity contribution in [2.45, 2.75) is 24.0 Å². The fourth-order valence-electron chi connectivity index (χ4n) is 3.80. The van der Waals surface area contributed by atoms with Gasteiger partial charge in [0.2, 0.25) is 0 Å². The van der Waals surface area contributed by atoms with E-state index < -0.39 is 0 Å². The Kier molecular flexibility index (Phi) is 7.30. The molecule has 8 heteroatoms. The first-order valence-corrected chi connectivity index (χ1v) is 12.7. The van der Waals surface area contributed by atoms with Crippen molar-refractivity contribution in [2.75, 3.05) is 0 Å². The quantitative estimate of drug-likeness (QED) is 0.239. The zero-order valence-electron chi connectivity index (χ0n) is 19.2. The van der Waals surface area contributed by atoms with Crippen LogP contribution in [0, 0.1) is 5.82 Å². The lowest BCUT2D eigenvalue weighted by Gasteiger charge is -2.11. The summed E-state index contributed by atoms with van der Waals surface area (Å²) in [5.41, 5.74) is 5.31. The molecule has 0 spiro atoms. The third kappa shape index (κ3) is 5.58. The highest BCUT2D eigenvalue weighted by molar-refractivity contribution is 7.98. The second-order valence-corrected chi connectivity index (χ2v) is 9.58.